The number of nitro benzene ring substituents is 1. The van der Waals surface area contributed by atoms with Crippen molar-refractivity contribution in [3.05, 3.63) is 61.6 Å². The van der Waals surface area contributed by atoms with E-state index in [0.29, 0.717) is 5.75 Å². The van der Waals surface area contributed by atoms with Crippen molar-refractivity contribution in [2.75, 3.05) is 6.61 Å². The molecule has 0 unspecified atom stereocenters. The second kappa shape index (κ2) is 8.43. The topological polar surface area (TPSA) is 114 Å². The molecule has 2 N–H and O–H groups in total. The van der Waals surface area contributed by atoms with Crippen molar-refractivity contribution in [3.8, 4) is 11.5 Å². The first kappa shape index (κ1) is 19.4. The number of hydrogen-bond donors (Lipinski definition) is 2. The number of aryl methyl sites for hydroxylation is 2. The van der Waals surface area contributed by atoms with Crippen molar-refractivity contribution in [1.29, 1.82) is 0 Å². The lowest BCUT2D eigenvalue weighted by Gasteiger charge is -2.07. The Hall–Kier alpha value is -2.94. The van der Waals surface area contributed by atoms with Crippen LogP contribution in [0.25, 0.3) is 0 Å². The van der Waals surface area contributed by atoms with Gasteiger partial charge in [0.25, 0.3) is 11.6 Å². The highest BCUT2D eigenvalue weighted by Gasteiger charge is 2.13. The van der Waals surface area contributed by atoms with Crippen LogP contribution in [0.4, 0.5) is 5.69 Å². The van der Waals surface area contributed by atoms with Gasteiger partial charge in [0.05, 0.1) is 15.6 Å². The standard InChI is InChI=1S/C17H16BrN3O5/c1-10-3-4-14(5-11(10)2)26-9-16(22)20-19-8-12-6-13(21(24)25)7-15(18)17(12)23/h3-8,23H,9H2,1-2H3,(H,20,22)/b19-8-. The van der Waals surface area contributed by atoms with E-state index < -0.39 is 10.8 Å². The van der Waals surface area contributed by atoms with Crippen LogP contribution in [0.15, 0.2) is 39.9 Å². The lowest BCUT2D eigenvalue weighted by molar-refractivity contribution is -0.385. The smallest absolute Gasteiger partial charge is 0.277 e. The second-order valence-electron chi connectivity index (χ2n) is 5.45. The van der Waals surface area contributed by atoms with Crippen LogP contribution >= 0.6 is 15.9 Å². The minimum atomic E-state index is -0.600. The van der Waals surface area contributed by atoms with E-state index in [1.165, 1.54) is 6.07 Å². The van der Waals surface area contributed by atoms with Gasteiger partial charge < -0.3 is 9.84 Å². The lowest BCUT2D eigenvalue weighted by Crippen LogP contribution is -2.24. The molecule has 2 aromatic rings. The summed E-state index contributed by atoms with van der Waals surface area (Å²) in [7, 11) is 0. The maximum atomic E-state index is 11.8. The number of ether oxygens (including phenoxy) is 1. The number of halogens is 1. The lowest BCUT2D eigenvalue weighted by atomic mass is 10.1. The molecule has 0 atom stereocenters. The van der Waals surface area contributed by atoms with Gasteiger partial charge in [-0.1, -0.05) is 6.07 Å². The first-order chi connectivity index (χ1) is 12.3. The third-order valence-corrected chi connectivity index (χ3v) is 4.13. The number of aromatic hydroxyl groups is 1. The maximum absolute atomic E-state index is 11.8. The first-order valence-electron chi connectivity index (χ1n) is 7.47. The van der Waals surface area contributed by atoms with Gasteiger partial charge in [0, 0.05) is 17.7 Å². The molecule has 0 heterocycles. The van der Waals surface area contributed by atoms with Gasteiger partial charge >= 0.3 is 0 Å². The minimum Gasteiger partial charge on any atom is -0.506 e. The molecule has 2 rings (SSSR count). The third-order valence-electron chi connectivity index (χ3n) is 3.53. The Labute approximate surface area is 157 Å². The zero-order valence-corrected chi connectivity index (χ0v) is 15.6. The van der Waals surface area contributed by atoms with Crippen molar-refractivity contribution in [2.24, 2.45) is 5.10 Å². The van der Waals surface area contributed by atoms with Crippen LogP contribution in [0.3, 0.4) is 0 Å². The number of benzene rings is 2. The average molecular weight is 422 g/mol. The Morgan fingerprint density at radius 3 is 2.73 bits per heavy atom. The Morgan fingerprint density at radius 2 is 2.08 bits per heavy atom. The van der Waals surface area contributed by atoms with E-state index in [1.54, 1.807) is 6.07 Å². The first-order valence-corrected chi connectivity index (χ1v) is 8.26. The summed E-state index contributed by atoms with van der Waals surface area (Å²) < 4.78 is 5.52. The molecule has 8 nitrogen and oxygen atoms in total. The number of phenolic OH excluding ortho intramolecular Hbond substituents is 1. The fourth-order valence-corrected chi connectivity index (χ4v) is 2.43. The SMILES string of the molecule is Cc1ccc(OCC(=O)N/N=C\c2cc([N+](=O)[O-])cc(Br)c2O)cc1C. The number of hydrogen-bond acceptors (Lipinski definition) is 6. The quantitative estimate of drug-likeness (QED) is 0.422. The summed E-state index contributed by atoms with van der Waals surface area (Å²) in [4.78, 5) is 22.0. The van der Waals surface area contributed by atoms with Gasteiger partial charge in [-0.2, -0.15) is 5.10 Å². The maximum Gasteiger partial charge on any atom is 0.277 e. The molecule has 0 saturated carbocycles. The van der Waals surface area contributed by atoms with Crippen LogP contribution in [-0.4, -0.2) is 28.8 Å². The largest absolute Gasteiger partial charge is 0.506 e. The molecule has 0 spiro atoms. The number of rotatable bonds is 6. The molecular formula is C17H16BrN3O5. The fraction of sp³-hybridized carbons (Fsp3) is 0.176. The highest BCUT2D eigenvalue weighted by atomic mass is 79.9. The van der Waals surface area contributed by atoms with Gasteiger partial charge in [0.2, 0.25) is 0 Å². The number of nitro groups is 1. The Kier molecular flexibility index (Phi) is 6.29. The van der Waals surface area contributed by atoms with E-state index in [9.17, 15) is 20.0 Å². The van der Waals surface area contributed by atoms with E-state index in [-0.39, 0.29) is 28.1 Å². The second-order valence-corrected chi connectivity index (χ2v) is 6.30. The Balaban J connectivity index is 1.96. The third kappa shape index (κ3) is 5.03. The summed E-state index contributed by atoms with van der Waals surface area (Å²) in [6, 6.07) is 7.79. The van der Waals surface area contributed by atoms with Crippen LogP contribution in [0.1, 0.15) is 16.7 Å². The number of nitrogens with zero attached hydrogens (tertiary/aromatic N) is 2. The molecule has 9 heteroatoms. The molecule has 136 valence electrons. The highest BCUT2D eigenvalue weighted by Crippen LogP contribution is 2.31. The molecule has 0 aliphatic heterocycles. The van der Waals surface area contributed by atoms with Crippen LogP contribution < -0.4 is 10.2 Å². The number of non-ortho nitro benzene ring substituents is 1. The number of amides is 1. The van der Waals surface area contributed by atoms with E-state index in [4.69, 9.17) is 4.74 Å². The Bertz CT molecular complexity index is 883. The van der Waals surface area contributed by atoms with Gasteiger partial charge in [-0.3, -0.25) is 14.9 Å². The molecule has 1 amide bonds. The van der Waals surface area contributed by atoms with E-state index >= 15 is 0 Å². The summed E-state index contributed by atoms with van der Waals surface area (Å²) in [5, 5.41) is 24.4. The summed E-state index contributed by atoms with van der Waals surface area (Å²) >= 11 is 3.02. The number of carbonyl (C=O) groups is 1. The van der Waals surface area contributed by atoms with Crippen molar-refractivity contribution in [2.45, 2.75) is 13.8 Å². The molecule has 0 fully saturated rings. The summed E-state index contributed by atoms with van der Waals surface area (Å²) in [5.74, 6) is -0.170. The van der Waals surface area contributed by atoms with E-state index in [0.717, 1.165) is 23.4 Å². The predicted molar refractivity (Wildman–Crippen MR) is 99.6 cm³/mol. The molecule has 0 bridgehead atoms. The van der Waals surface area contributed by atoms with Crippen molar-refractivity contribution < 1.29 is 19.6 Å². The number of hydrazone groups is 1. The van der Waals surface area contributed by atoms with Gasteiger partial charge in [-0.15, -0.1) is 0 Å². The van der Waals surface area contributed by atoms with Crippen LogP contribution in [0, 0.1) is 24.0 Å². The van der Waals surface area contributed by atoms with Gasteiger partial charge in [-0.05, 0) is 53.0 Å². The van der Waals surface area contributed by atoms with E-state index in [2.05, 4.69) is 26.5 Å². The monoisotopic (exact) mass is 421 g/mol. The Morgan fingerprint density at radius 1 is 1.35 bits per heavy atom. The van der Waals surface area contributed by atoms with Gasteiger partial charge in [0.15, 0.2) is 6.61 Å². The van der Waals surface area contributed by atoms with E-state index in [1.807, 2.05) is 26.0 Å². The van der Waals surface area contributed by atoms with Crippen LogP contribution in [-0.2, 0) is 4.79 Å². The van der Waals surface area contributed by atoms with Crippen LogP contribution in [0.5, 0.6) is 11.5 Å². The number of phenols is 1. The van der Waals surface area contributed by atoms with Gasteiger partial charge in [-0.25, -0.2) is 5.43 Å². The molecule has 0 saturated heterocycles. The zero-order chi connectivity index (χ0) is 19.3. The van der Waals surface area contributed by atoms with Crippen molar-refractivity contribution in [3.63, 3.8) is 0 Å². The number of carbonyl (C=O) groups excluding carboxylic acids is 1. The van der Waals surface area contributed by atoms with Crippen molar-refractivity contribution in [1.82, 2.24) is 5.43 Å². The molecule has 26 heavy (non-hydrogen) atoms. The molecule has 0 aromatic heterocycles. The molecule has 0 radical (unpaired) electrons. The summed E-state index contributed by atoms with van der Waals surface area (Å²) in [6.45, 7) is 3.67. The highest BCUT2D eigenvalue weighted by molar-refractivity contribution is 9.10. The molecule has 0 aliphatic rings. The molecule has 0 aliphatic carbocycles. The normalized spacial score (nSPS) is 10.7. The fourth-order valence-electron chi connectivity index (χ4n) is 1.97. The minimum absolute atomic E-state index is 0.0847. The van der Waals surface area contributed by atoms with Gasteiger partial charge in [0.1, 0.15) is 11.5 Å². The number of nitrogens with one attached hydrogen (secondary N) is 1. The summed E-state index contributed by atoms with van der Waals surface area (Å²) in [5.41, 5.74) is 4.26. The predicted octanol–water partition coefficient (Wildman–Crippen LogP) is 3.21. The molecular weight excluding hydrogens is 406 g/mol. The zero-order valence-electron chi connectivity index (χ0n) is 14.0. The van der Waals surface area contributed by atoms with Crippen LogP contribution in [0.2, 0.25) is 0 Å². The molecule has 2 aromatic carbocycles. The summed E-state index contributed by atoms with van der Waals surface area (Å²) in [6.07, 6.45) is 1.11. The van der Waals surface area contributed by atoms with Crippen molar-refractivity contribution >= 4 is 33.7 Å². The average Bonchev–Trinajstić information content (AvgIpc) is 2.59.